The first-order chi connectivity index (χ1) is 4.72. The Morgan fingerprint density at radius 1 is 1.30 bits per heavy atom. The van der Waals surface area contributed by atoms with Gasteiger partial charge in [0, 0.05) is 11.8 Å². The molecule has 0 aromatic rings. The van der Waals surface area contributed by atoms with Crippen LogP contribution in [0.3, 0.4) is 0 Å². The van der Waals surface area contributed by atoms with Crippen molar-refractivity contribution in [1.82, 2.24) is 0 Å². The highest BCUT2D eigenvalue weighted by atomic mass is 16.1. The summed E-state index contributed by atoms with van der Waals surface area (Å²) >= 11 is 0. The highest BCUT2D eigenvalue weighted by Crippen LogP contribution is 2.48. The molecule has 1 saturated carbocycles. The smallest absolute Gasteiger partial charge is 0.152 e. The monoisotopic (exact) mass is 134 g/mol. The van der Waals surface area contributed by atoms with Crippen LogP contribution >= 0.6 is 0 Å². The molecule has 0 aromatic carbocycles. The quantitative estimate of drug-likeness (QED) is 0.453. The van der Waals surface area contributed by atoms with Crippen molar-refractivity contribution in [2.45, 2.75) is 13.8 Å². The van der Waals surface area contributed by atoms with Crippen LogP contribution in [0.15, 0.2) is 0 Å². The highest BCUT2D eigenvalue weighted by molar-refractivity contribution is 5.90. The molecule has 0 heterocycles. The van der Waals surface area contributed by atoms with Crippen LogP contribution in [0.1, 0.15) is 13.8 Å². The second kappa shape index (κ2) is 1.63. The standard InChI is InChI=1S/C9H10O/c1-5-3-4-7-6(2)8(7)9(5)10/h5-8H,1-2H3. The third-order valence-electron chi connectivity index (χ3n) is 2.60. The summed E-state index contributed by atoms with van der Waals surface area (Å²) in [6, 6.07) is 0. The molecule has 10 heavy (non-hydrogen) atoms. The van der Waals surface area contributed by atoms with E-state index in [2.05, 4.69) is 18.8 Å². The highest BCUT2D eigenvalue weighted by Gasteiger charge is 2.53. The number of Topliss-reactive ketones (excluding diaryl/α,β-unsaturated/α-hetero) is 1. The van der Waals surface area contributed by atoms with Crippen LogP contribution in [0.4, 0.5) is 0 Å². The lowest BCUT2D eigenvalue weighted by Crippen LogP contribution is -2.15. The summed E-state index contributed by atoms with van der Waals surface area (Å²) in [6.07, 6.45) is 0. The maximum absolute atomic E-state index is 11.3. The molecule has 2 aliphatic rings. The van der Waals surface area contributed by atoms with Gasteiger partial charge in [-0.15, -0.1) is 0 Å². The van der Waals surface area contributed by atoms with Gasteiger partial charge in [-0.25, -0.2) is 0 Å². The van der Waals surface area contributed by atoms with Gasteiger partial charge in [-0.1, -0.05) is 18.8 Å². The van der Waals surface area contributed by atoms with Crippen molar-refractivity contribution >= 4 is 5.78 Å². The molecule has 52 valence electrons. The molecular weight excluding hydrogens is 124 g/mol. The first kappa shape index (κ1) is 5.97. The third kappa shape index (κ3) is 0.568. The summed E-state index contributed by atoms with van der Waals surface area (Å²) in [5.74, 6) is 7.71. The number of rotatable bonds is 0. The fourth-order valence-electron chi connectivity index (χ4n) is 1.70. The van der Waals surface area contributed by atoms with Crippen LogP contribution in [0.5, 0.6) is 0 Å². The molecule has 1 nitrogen and oxygen atoms in total. The predicted octanol–water partition coefficient (Wildman–Crippen LogP) is 1.09. The van der Waals surface area contributed by atoms with Crippen molar-refractivity contribution in [3.8, 4) is 11.8 Å². The lowest BCUT2D eigenvalue weighted by molar-refractivity contribution is -0.122. The van der Waals surface area contributed by atoms with E-state index in [1.165, 1.54) is 0 Å². The maximum atomic E-state index is 11.3. The van der Waals surface area contributed by atoms with E-state index in [-0.39, 0.29) is 5.92 Å². The summed E-state index contributed by atoms with van der Waals surface area (Å²) in [7, 11) is 0. The Balaban J connectivity index is 2.29. The fraction of sp³-hybridized carbons (Fsp3) is 0.667. The van der Waals surface area contributed by atoms with Gasteiger partial charge in [0.2, 0.25) is 0 Å². The van der Waals surface area contributed by atoms with Crippen LogP contribution in [0, 0.1) is 35.5 Å². The van der Waals surface area contributed by atoms with Crippen molar-refractivity contribution in [2.24, 2.45) is 23.7 Å². The summed E-state index contributed by atoms with van der Waals surface area (Å²) in [6.45, 7) is 4.01. The van der Waals surface area contributed by atoms with Crippen LogP contribution in [-0.4, -0.2) is 5.78 Å². The first-order valence-electron chi connectivity index (χ1n) is 3.76. The molecule has 0 spiro atoms. The van der Waals surface area contributed by atoms with Gasteiger partial charge >= 0.3 is 0 Å². The number of carbonyl (C=O) groups is 1. The fourth-order valence-corrected chi connectivity index (χ4v) is 1.70. The molecule has 2 rings (SSSR count). The minimum Gasteiger partial charge on any atom is -0.298 e. The molecule has 4 atom stereocenters. The van der Waals surface area contributed by atoms with E-state index in [9.17, 15) is 4.79 Å². The Kier molecular flexibility index (Phi) is 0.976. The van der Waals surface area contributed by atoms with E-state index in [0.29, 0.717) is 23.5 Å². The number of hydrogen-bond donors (Lipinski definition) is 0. The average Bonchev–Trinajstić information content (AvgIpc) is 2.54. The zero-order valence-electron chi connectivity index (χ0n) is 6.22. The van der Waals surface area contributed by atoms with Gasteiger partial charge in [-0.05, 0) is 12.8 Å². The Morgan fingerprint density at radius 2 is 2.00 bits per heavy atom. The van der Waals surface area contributed by atoms with Gasteiger partial charge in [0.15, 0.2) is 5.78 Å². The van der Waals surface area contributed by atoms with E-state index in [4.69, 9.17) is 0 Å². The third-order valence-corrected chi connectivity index (χ3v) is 2.60. The Bertz CT molecular complexity index is 243. The number of fused-ring (bicyclic) bond motifs is 1. The van der Waals surface area contributed by atoms with Crippen molar-refractivity contribution in [1.29, 1.82) is 0 Å². The SMILES string of the molecule is CC1C#CC2C(C)C2C1=O. The summed E-state index contributed by atoms with van der Waals surface area (Å²) < 4.78 is 0. The Morgan fingerprint density at radius 3 is 2.60 bits per heavy atom. The number of hydrogen-bond acceptors (Lipinski definition) is 1. The molecule has 2 aliphatic carbocycles. The van der Waals surface area contributed by atoms with Gasteiger partial charge in [0.05, 0.1) is 5.92 Å². The van der Waals surface area contributed by atoms with Crippen molar-refractivity contribution in [3.63, 3.8) is 0 Å². The Hall–Kier alpha value is -0.770. The van der Waals surface area contributed by atoms with Gasteiger partial charge in [0.25, 0.3) is 0 Å². The second-order valence-corrected chi connectivity index (χ2v) is 3.32. The second-order valence-electron chi connectivity index (χ2n) is 3.32. The lowest BCUT2D eigenvalue weighted by atomic mass is 9.98. The van der Waals surface area contributed by atoms with Crippen LogP contribution in [0.25, 0.3) is 0 Å². The zero-order valence-corrected chi connectivity index (χ0v) is 6.22. The van der Waals surface area contributed by atoms with E-state index < -0.39 is 0 Å². The van der Waals surface area contributed by atoms with E-state index in [1.807, 2.05) is 6.92 Å². The first-order valence-corrected chi connectivity index (χ1v) is 3.76. The molecule has 0 aliphatic heterocycles. The molecule has 4 unspecified atom stereocenters. The molecule has 0 amide bonds. The maximum Gasteiger partial charge on any atom is 0.152 e. The number of carbonyl (C=O) groups excluding carboxylic acids is 1. The zero-order chi connectivity index (χ0) is 7.30. The van der Waals surface area contributed by atoms with Crippen molar-refractivity contribution < 1.29 is 4.79 Å². The minimum atomic E-state index is 0.00574. The van der Waals surface area contributed by atoms with E-state index in [1.54, 1.807) is 0 Å². The summed E-state index contributed by atoms with van der Waals surface area (Å²) in [4.78, 5) is 11.3. The van der Waals surface area contributed by atoms with Gasteiger partial charge in [0.1, 0.15) is 0 Å². The van der Waals surface area contributed by atoms with Crippen molar-refractivity contribution in [2.75, 3.05) is 0 Å². The van der Waals surface area contributed by atoms with Gasteiger partial charge in [-0.2, -0.15) is 0 Å². The summed E-state index contributed by atoms with van der Waals surface area (Å²) in [5, 5.41) is 0. The molecule has 0 bridgehead atoms. The molecule has 1 heteroatoms. The van der Waals surface area contributed by atoms with E-state index in [0.717, 1.165) is 0 Å². The molecule has 0 radical (unpaired) electrons. The molecule has 1 fully saturated rings. The minimum absolute atomic E-state index is 0.00574. The topological polar surface area (TPSA) is 17.1 Å². The number of ketones is 1. The largest absolute Gasteiger partial charge is 0.298 e. The predicted molar refractivity (Wildman–Crippen MR) is 38.1 cm³/mol. The molecule has 0 N–H and O–H groups in total. The van der Waals surface area contributed by atoms with Gasteiger partial charge in [-0.3, -0.25) is 4.79 Å². The lowest BCUT2D eigenvalue weighted by Gasteiger charge is -2.03. The molecule has 0 saturated heterocycles. The van der Waals surface area contributed by atoms with Crippen molar-refractivity contribution in [3.05, 3.63) is 0 Å². The Labute approximate surface area is 60.8 Å². The normalized spacial score (nSPS) is 49.2. The molecule has 0 aromatic heterocycles. The average molecular weight is 134 g/mol. The van der Waals surface area contributed by atoms with Crippen LogP contribution in [-0.2, 0) is 4.79 Å². The van der Waals surface area contributed by atoms with Crippen LogP contribution < -0.4 is 0 Å². The summed E-state index contributed by atoms with van der Waals surface area (Å²) in [5.41, 5.74) is 0. The van der Waals surface area contributed by atoms with Crippen LogP contribution in [0.2, 0.25) is 0 Å². The van der Waals surface area contributed by atoms with E-state index >= 15 is 0 Å². The van der Waals surface area contributed by atoms with Gasteiger partial charge < -0.3 is 0 Å². The molecular formula is C9H10O.